The molecule has 1 aliphatic rings. The highest BCUT2D eigenvalue weighted by molar-refractivity contribution is 6.33. The van der Waals surface area contributed by atoms with Crippen LogP contribution in [0.5, 0.6) is 0 Å². The van der Waals surface area contributed by atoms with Gasteiger partial charge in [0.25, 0.3) is 0 Å². The van der Waals surface area contributed by atoms with Crippen molar-refractivity contribution in [1.82, 2.24) is 19.6 Å². The van der Waals surface area contributed by atoms with Crippen molar-refractivity contribution in [2.75, 3.05) is 22.2 Å². The van der Waals surface area contributed by atoms with E-state index in [-0.39, 0.29) is 27.9 Å². The first kappa shape index (κ1) is 22.4. The van der Waals surface area contributed by atoms with Crippen LogP contribution in [-0.2, 0) is 5.41 Å². The molecule has 0 radical (unpaired) electrons. The molecule has 15 heteroatoms. The zero-order valence-electron chi connectivity index (χ0n) is 16.7. The Bertz CT molecular complexity index is 1290. The minimum atomic E-state index is -4.78. The normalized spacial score (nSPS) is 18.1. The molecule has 3 N–H and O–H groups in total. The van der Waals surface area contributed by atoms with Gasteiger partial charge in [0.2, 0.25) is 0 Å². The lowest BCUT2D eigenvalue weighted by Crippen LogP contribution is -2.46. The van der Waals surface area contributed by atoms with E-state index in [2.05, 4.69) is 30.9 Å². The zero-order chi connectivity index (χ0) is 24.0. The standard InChI is InChI=1S/C18H14ClF4N9O/c1-17(18(21,22)23)8-31(12-7-26-15-11(20)6-28-32(15)13(12)17)16(33)29-9-4-10(19)14(25-5-9)30-27-3-2-24/h2-7,24H,8H2,1H3,(H,25,30)(H,29,33)/b24-2?,27-3-/t17-/m0/s1. The summed E-state index contributed by atoms with van der Waals surface area (Å²) < 4.78 is 56.9. The van der Waals surface area contributed by atoms with Crippen molar-refractivity contribution >= 4 is 52.9 Å². The summed E-state index contributed by atoms with van der Waals surface area (Å²) in [6.07, 6.45) is 0.285. The largest absolute Gasteiger partial charge is 0.401 e. The van der Waals surface area contributed by atoms with Crippen molar-refractivity contribution in [2.45, 2.75) is 18.5 Å². The highest BCUT2D eigenvalue weighted by Crippen LogP contribution is 2.49. The summed E-state index contributed by atoms with van der Waals surface area (Å²) in [6, 6.07) is 0.414. The molecule has 1 atom stereocenters. The second kappa shape index (κ2) is 7.95. The van der Waals surface area contributed by atoms with Crippen molar-refractivity contribution in [3.8, 4) is 0 Å². The van der Waals surface area contributed by atoms with Crippen molar-refractivity contribution in [1.29, 1.82) is 5.41 Å². The molecule has 0 aliphatic carbocycles. The Labute approximate surface area is 187 Å². The van der Waals surface area contributed by atoms with Crippen LogP contribution in [0, 0.1) is 11.2 Å². The molecule has 10 nitrogen and oxygen atoms in total. The van der Waals surface area contributed by atoms with Crippen LogP contribution in [-0.4, -0.2) is 50.8 Å². The SMILES string of the molecule is C[C@]1(C(F)(F)F)CN(C(=O)Nc2cnc(N/N=C\C=N)c(Cl)c2)c2cnc3c(F)cnn3c21. The molecule has 0 unspecified atom stereocenters. The van der Waals surface area contributed by atoms with Crippen molar-refractivity contribution < 1.29 is 22.4 Å². The Morgan fingerprint density at radius 2 is 2.09 bits per heavy atom. The van der Waals surface area contributed by atoms with Gasteiger partial charge in [0, 0.05) is 12.8 Å². The van der Waals surface area contributed by atoms with E-state index in [9.17, 15) is 22.4 Å². The minimum Gasteiger partial charge on any atom is -0.307 e. The van der Waals surface area contributed by atoms with Gasteiger partial charge in [0.1, 0.15) is 5.41 Å². The summed E-state index contributed by atoms with van der Waals surface area (Å²) in [5.74, 6) is -0.749. The fourth-order valence-corrected chi connectivity index (χ4v) is 3.61. The lowest BCUT2D eigenvalue weighted by Gasteiger charge is -2.28. The maximum atomic E-state index is 14.1. The number of hydrogen-bond acceptors (Lipinski definition) is 7. The van der Waals surface area contributed by atoms with Crippen LogP contribution in [0.4, 0.5) is 39.5 Å². The number of urea groups is 1. The topological polar surface area (TPSA) is 124 Å². The molecule has 3 aromatic heterocycles. The second-order valence-corrected chi connectivity index (χ2v) is 7.58. The molecule has 0 saturated carbocycles. The summed E-state index contributed by atoms with van der Waals surface area (Å²) in [5.41, 5.74) is -0.888. The molecule has 172 valence electrons. The molecular formula is C18H14ClF4N9O. The summed E-state index contributed by atoms with van der Waals surface area (Å²) >= 11 is 6.08. The third kappa shape index (κ3) is 3.71. The number of anilines is 3. The number of alkyl halides is 3. The molecule has 3 aromatic rings. The Balaban J connectivity index is 1.67. The fraction of sp³-hybridized carbons (Fsp3) is 0.222. The average Bonchev–Trinajstić information content (AvgIpc) is 3.28. The number of hydrazone groups is 1. The quantitative estimate of drug-likeness (QED) is 0.295. The summed E-state index contributed by atoms with van der Waals surface area (Å²) in [7, 11) is 0. The molecule has 1 aliphatic heterocycles. The molecule has 33 heavy (non-hydrogen) atoms. The van der Waals surface area contributed by atoms with E-state index in [0.29, 0.717) is 0 Å². The molecule has 2 amide bonds. The fourth-order valence-electron chi connectivity index (χ4n) is 3.40. The van der Waals surface area contributed by atoms with Gasteiger partial charge in [-0.3, -0.25) is 10.3 Å². The van der Waals surface area contributed by atoms with Crippen LogP contribution in [0.3, 0.4) is 0 Å². The monoisotopic (exact) mass is 483 g/mol. The zero-order valence-corrected chi connectivity index (χ0v) is 17.4. The highest BCUT2D eigenvalue weighted by atomic mass is 35.5. The number of aromatic nitrogens is 4. The summed E-state index contributed by atoms with van der Waals surface area (Å²) in [4.78, 5) is 21.6. The van der Waals surface area contributed by atoms with Crippen LogP contribution in [0.15, 0.2) is 29.8 Å². The molecule has 0 saturated heterocycles. The predicted molar refractivity (Wildman–Crippen MR) is 113 cm³/mol. The third-order valence-corrected chi connectivity index (χ3v) is 5.32. The number of rotatable bonds is 4. The van der Waals surface area contributed by atoms with E-state index in [4.69, 9.17) is 17.0 Å². The molecule has 0 spiro atoms. The van der Waals surface area contributed by atoms with Crippen LogP contribution < -0.4 is 15.6 Å². The minimum absolute atomic E-state index is 0.0623. The Morgan fingerprint density at radius 3 is 2.76 bits per heavy atom. The second-order valence-electron chi connectivity index (χ2n) is 7.18. The summed E-state index contributed by atoms with van der Waals surface area (Å²) in [5, 5.41) is 16.7. The van der Waals surface area contributed by atoms with E-state index >= 15 is 0 Å². The van der Waals surface area contributed by atoms with Crippen LogP contribution >= 0.6 is 11.6 Å². The van der Waals surface area contributed by atoms with Gasteiger partial charge >= 0.3 is 12.2 Å². The lowest BCUT2D eigenvalue weighted by atomic mass is 9.88. The lowest BCUT2D eigenvalue weighted by molar-refractivity contribution is -0.181. The average molecular weight is 484 g/mol. The Kier molecular flexibility index (Phi) is 5.40. The maximum absolute atomic E-state index is 14.1. The first-order chi connectivity index (χ1) is 15.6. The van der Waals surface area contributed by atoms with E-state index < -0.39 is 35.7 Å². The number of fused-ring (bicyclic) bond motifs is 3. The first-order valence-electron chi connectivity index (χ1n) is 9.18. The smallest absolute Gasteiger partial charge is 0.307 e. The van der Waals surface area contributed by atoms with Gasteiger partial charge in [0.15, 0.2) is 17.3 Å². The van der Waals surface area contributed by atoms with Crippen LogP contribution in [0.25, 0.3) is 5.65 Å². The van der Waals surface area contributed by atoms with Crippen molar-refractivity contribution in [3.05, 3.63) is 41.2 Å². The van der Waals surface area contributed by atoms with E-state index in [1.165, 1.54) is 12.3 Å². The molecule has 0 aromatic carbocycles. The van der Waals surface area contributed by atoms with Gasteiger partial charge in [-0.1, -0.05) is 11.6 Å². The van der Waals surface area contributed by atoms with Crippen LogP contribution in [0.1, 0.15) is 12.6 Å². The van der Waals surface area contributed by atoms with Crippen molar-refractivity contribution in [3.63, 3.8) is 0 Å². The number of carbonyl (C=O) groups excluding carboxylic acids is 1. The number of hydrogen-bond donors (Lipinski definition) is 3. The van der Waals surface area contributed by atoms with E-state index in [1.807, 2.05) is 0 Å². The number of halogens is 5. The molecule has 4 rings (SSSR count). The maximum Gasteiger partial charge on any atom is 0.401 e. The van der Waals surface area contributed by atoms with Crippen molar-refractivity contribution in [2.24, 2.45) is 5.10 Å². The number of nitrogens with one attached hydrogen (secondary N) is 3. The third-order valence-electron chi connectivity index (χ3n) is 5.03. The summed E-state index contributed by atoms with van der Waals surface area (Å²) in [6.45, 7) is 0.130. The van der Waals surface area contributed by atoms with E-state index in [0.717, 1.165) is 41.2 Å². The van der Waals surface area contributed by atoms with Gasteiger partial charge in [-0.05, 0) is 13.0 Å². The van der Waals surface area contributed by atoms with Gasteiger partial charge in [-0.2, -0.15) is 23.4 Å². The number of pyridine rings is 1. The van der Waals surface area contributed by atoms with Gasteiger partial charge in [0.05, 0.1) is 46.9 Å². The first-order valence-corrected chi connectivity index (χ1v) is 9.56. The van der Waals surface area contributed by atoms with Gasteiger partial charge in [-0.15, -0.1) is 0 Å². The number of amides is 2. The predicted octanol–water partition coefficient (Wildman–Crippen LogP) is 3.84. The number of nitrogens with zero attached hydrogens (tertiary/aromatic N) is 6. The molecule has 0 fully saturated rings. The highest BCUT2D eigenvalue weighted by Gasteiger charge is 2.60. The molecule has 4 heterocycles. The van der Waals surface area contributed by atoms with E-state index in [1.54, 1.807) is 0 Å². The van der Waals surface area contributed by atoms with Crippen LogP contribution in [0.2, 0.25) is 5.02 Å². The molecular weight excluding hydrogens is 470 g/mol. The Hall–Kier alpha value is -3.81. The van der Waals surface area contributed by atoms with Gasteiger partial charge < -0.3 is 10.7 Å². The van der Waals surface area contributed by atoms with Gasteiger partial charge in [-0.25, -0.2) is 23.7 Å². The Morgan fingerprint density at radius 1 is 1.33 bits per heavy atom. The molecule has 0 bridgehead atoms. The number of carbonyl (C=O) groups is 1.